The highest BCUT2D eigenvalue weighted by atomic mass is 79.9. The molecule has 1 aliphatic rings. The molecule has 0 saturated heterocycles. The number of fused-ring (bicyclic) bond motifs is 1. The van der Waals surface area contributed by atoms with E-state index in [1.807, 2.05) is 12.1 Å². The molecule has 0 saturated carbocycles. The summed E-state index contributed by atoms with van der Waals surface area (Å²) in [4.78, 5) is 18.2. The quantitative estimate of drug-likeness (QED) is 0.411. The number of carbonyl (C=O) groups is 1. The maximum absolute atomic E-state index is 12.7. The highest BCUT2D eigenvalue weighted by molar-refractivity contribution is 9.14. The van der Waals surface area contributed by atoms with Gasteiger partial charge in [-0.2, -0.15) is 0 Å². The lowest BCUT2D eigenvalue weighted by Gasteiger charge is -2.15. The van der Waals surface area contributed by atoms with E-state index in [1.165, 1.54) is 11.3 Å². The smallest absolute Gasteiger partial charge is 0.357 e. The fourth-order valence-electron chi connectivity index (χ4n) is 2.74. The van der Waals surface area contributed by atoms with Crippen LogP contribution in [0, 0.1) is 0 Å². The van der Waals surface area contributed by atoms with Crippen LogP contribution < -0.4 is 0 Å². The first-order valence-electron chi connectivity index (χ1n) is 7.69. The first-order chi connectivity index (χ1) is 12.6. The monoisotopic (exact) mass is 515 g/mol. The van der Waals surface area contributed by atoms with Crippen molar-refractivity contribution in [3.05, 3.63) is 37.1 Å². The second kappa shape index (κ2) is 7.41. The van der Waals surface area contributed by atoms with Crippen molar-refractivity contribution in [2.24, 2.45) is 0 Å². The van der Waals surface area contributed by atoms with E-state index in [-0.39, 0.29) is 17.6 Å². The van der Waals surface area contributed by atoms with Crippen LogP contribution in [0.2, 0.25) is 0 Å². The Kier molecular flexibility index (Phi) is 5.18. The second-order valence-corrected chi connectivity index (χ2v) is 10.4. The van der Waals surface area contributed by atoms with Gasteiger partial charge >= 0.3 is 5.97 Å². The maximum Gasteiger partial charge on any atom is 0.357 e. The van der Waals surface area contributed by atoms with Gasteiger partial charge in [-0.25, -0.2) is 14.4 Å². The number of halogens is 2. The molecule has 134 valence electrons. The van der Waals surface area contributed by atoms with Gasteiger partial charge in [0.05, 0.1) is 15.3 Å². The summed E-state index contributed by atoms with van der Waals surface area (Å²) in [6.45, 7) is 2.04. The van der Waals surface area contributed by atoms with Crippen LogP contribution in [-0.2, 0) is 4.74 Å². The molecular weight excluding hydrogens is 506 g/mol. The lowest BCUT2D eigenvalue weighted by molar-refractivity contribution is 0.0518. The third-order valence-corrected chi connectivity index (χ3v) is 7.41. The van der Waals surface area contributed by atoms with Crippen LogP contribution in [0.3, 0.4) is 0 Å². The number of allylic oxidation sites excluding steroid dienone is 1. The van der Waals surface area contributed by atoms with Crippen molar-refractivity contribution >= 4 is 72.0 Å². The first kappa shape index (κ1) is 18.1. The van der Waals surface area contributed by atoms with Gasteiger partial charge in [-0.15, -0.1) is 23.1 Å². The van der Waals surface area contributed by atoms with Crippen LogP contribution in [0.15, 0.2) is 30.4 Å². The molecule has 1 unspecified atom stereocenters. The zero-order valence-electron chi connectivity index (χ0n) is 13.4. The van der Waals surface area contributed by atoms with Gasteiger partial charge in [0, 0.05) is 14.6 Å². The molecule has 0 N–H and O–H groups in total. The van der Waals surface area contributed by atoms with Gasteiger partial charge in [-0.1, -0.05) is 6.08 Å². The van der Waals surface area contributed by atoms with Crippen molar-refractivity contribution in [2.45, 2.75) is 18.6 Å². The van der Waals surface area contributed by atoms with Crippen molar-refractivity contribution in [3.8, 4) is 10.6 Å². The van der Waals surface area contributed by atoms with E-state index in [2.05, 4.69) is 53.2 Å². The Balaban J connectivity index is 1.95. The fraction of sp³-hybridized carbons (Fsp3) is 0.250. The van der Waals surface area contributed by atoms with Gasteiger partial charge in [-0.3, -0.25) is 0 Å². The van der Waals surface area contributed by atoms with Gasteiger partial charge < -0.3 is 4.74 Å². The number of ether oxygens (including phenoxy) is 1. The summed E-state index contributed by atoms with van der Waals surface area (Å²) in [5, 5.41) is 8.14. The summed E-state index contributed by atoms with van der Waals surface area (Å²) in [5.41, 5.74) is 2.64. The number of aromatic nitrogens is 3. The Labute approximate surface area is 173 Å². The molecule has 6 nitrogen and oxygen atoms in total. The molecule has 0 bridgehead atoms. The molecule has 0 amide bonds. The minimum Gasteiger partial charge on any atom is -0.461 e. The SMILES string of the molecule is CCOC(=O)c1nc(-c2ccc(Br)s2)c2nonc2c1C1CC=C(Br)S1. The van der Waals surface area contributed by atoms with E-state index in [0.717, 1.165) is 18.9 Å². The van der Waals surface area contributed by atoms with Crippen molar-refractivity contribution in [1.82, 2.24) is 15.3 Å². The molecule has 26 heavy (non-hydrogen) atoms. The molecule has 0 aromatic carbocycles. The van der Waals surface area contributed by atoms with Crippen LogP contribution in [0.1, 0.15) is 34.6 Å². The molecular formula is C16H11Br2N3O3S2. The molecule has 0 fully saturated rings. The van der Waals surface area contributed by atoms with E-state index in [9.17, 15) is 4.79 Å². The summed E-state index contributed by atoms with van der Waals surface area (Å²) >= 11 is 10.1. The highest BCUT2D eigenvalue weighted by Crippen LogP contribution is 2.49. The van der Waals surface area contributed by atoms with Crippen LogP contribution in [0.5, 0.6) is 0 Å². The van der Waals surface area contributed by atoms with E-state index in [4.69, 9.17) is 9.37 Å². The first-order valence-corrected chi connectivity index (χ1v) is 11.0. The molecule has 3 aromatic heterocycles. The Morgan fingerprint density at radius 1 is 1.35 bits per heavy atom. The Morgan fingerprint density at radius 3 is 2.81 bits per heavy atom. The van der Waals surface area contributed by atoms with E-state index in [0.29, 0.717) is 22.3 Å². The lowest BCUT2D eigenvalue weighted by atomic mass is 10.0. The third-order valence-electron chi connectivity index (χ3n) is 3.79. The molecule has 3 aromatic rings. The summed E-state index contributed by atoms with van der Waals surface area (Å²) < 4.78 is 12.3. The van der Waals surface area contributed by atoms with E-state index in [1.54, 1.807) is 18.7 Å². The van der Waals surface area contributed by atoms with Crippen LogP contribution >= 0.6 is 55.0 Å². The van der Waals surface area contributed by atoms with Crippen molar-refractivity contribution < 1.29 is 14.2 Å². The number of nitrogens with zero attached hydrogens (tertiary/aromatic N) is 3. The van der Waals surface area contributed by atoms with Crippen molar-refractivity contribution in [1.29, 1.82) is 0 Å². The van der Waals surface area contributed by atoms with Gasteiger partial charge in [0.15, 0.2) is 11.2 Å². The molecule has 4 rings (SSSR count). The Bertz CT molecular complexity index is 1030. The van der Waals surface area contributed by atoms with Gasteiger partial charge in [0.25, 0.3) is 0 Å². The highest BCUT2D eigenvalue weighted by Gasteiger charge is 2.32. The van der Waals surface area contributed by atoms with E-state index >= 15 is 0 Å². The van der Waals surface area contributed by atoms with Crippen molar-refractivity contribution in [2.75, 3.05) is 6.61 Å². The van der Waals surface area contributed by atoms with Gasteiger partial charge in [-0.05, 0) is 67.7 Å². The topological polar surface area (TPSA) is 78.1 Å². The molecule has 1 aliphatic heterocycles. The molecule has 4 heterocycles. The lowest BCUT2D eigenvalue weighted by Crippen LogP contribution is -2.13. The molecule has 0 aliphatic carbocycles. The van der Waals surface area contributed by atoms with Crippen LogP contribution in [0.4, 0.5) is 0 Å². The van der Waals surface area contributed by atoms with Crippen LogP contribution in [-0.4, -0.2) is 27.9 Å². The molecule has 0 radical (unpaired) electrons. The number of thioether (sulfide) groups is 1. The van der Waals surface area contributed by atoms with Gasteiger partial charge in [0.2, 0.25) is 0 Å². The molecule has 1 atom stereocenters. The summed E-state index contributed by atoms with van der Waals surface area (Å²) in [6.07, 6.45) is 2.82. The minimum atomic E-state index is -0.465. The summed E-state index contributed by atoms with van der Waals surface area (Å²) in [7, 11) is 0. The summed E-state index contributed by atoms with van der Waals surface area (Å²) in [5.74, 6) is -0.465. The largest absolute Gasteiger partial charge is 0.461 e. The third kappa shape index (κ3) is 3.23. The number of carbonyl (C=O) groups excluding carboxylic acids is 1. The zero-order chi connectivity index (χ0) is 18.3. The normalized spacial score (nSPS) is 16.9. The molecule has 10 heteroatoms. The fourth-order valence-corrected chi connectivity index (χ4v) is 5.98. The van der Waals surface area contributed by atoms with Gasteiger partial charge in [0.1, 0.15) is 11.2 Å². The van der Waals surface area contributed by atoms with Crippen LogP contribution in [0.25, 0.3) is 21.6 Å². The standard InChI is InChI=1S/C16H11Br2N3O3S2/c1-2-23-16(22)14-11(7-3-5-9(17)25-7)13-15(21-24-20-13)12(19-14)8-4-6-10(18)26-8/h4-7H,2-3H2,1H3. The number of hydrogen-bond acceptors (Lipinski definition) is 8. The Morgan fingerprint density at radius 2 is 2.15 bits per heavy atom. The number of thiophene rings is 1. The number of hydrogen-bond donors (Lipinski definition) is 0. The predicted octanol–water partition coefficient (Wildman–Crippen LogP) is 5.70. The molecule has 0 spiro atoms. The number of esters is 1. The zero-order valence-corrected chi connectivity index (χ0v) is 18.2. The maximum atomic E-state index is 12.7. The number of pyridine rings is 1. The van der Waals surface area contributed by atoms with Crippen molar-refractivity contribution in [3.63, 3.8) is 0 Å². The number of rotatable bonds is 4. The average Bonchev–Trinajstić information content (AvgIpc) is 3.34. The average molecular weight is 517 g/mol. The second-order valence-electron chi connectivity index (χ2n) is 5.36. The predicted molar refractivity (Wildman–Crippen MR) is 109 cm³/mol. The minimum absolute atomic E-state index is 0.00481. The Hall–Kier alpha value is -1.23. The summed E-state index contributed by atoms with van der Waals surface area (Å²) in [6, 6.07) is 3.84. The van der Waals surface area contributed by atoms with E-state index < -0.39 is 5.97 Å².